The number of hydrogen-bond acceptors (Lipinski definition) is 3. The number of ether oxygens (including phenoxy) is 1. The summed E-state index contributed by atoms with van der Waals surface area (Å²) in [6, 6.07) is 12.1. The fourth-order valence-electron chi connectivity index (χ4n) is 2.09. The van der Waals surface area contributed by atoms with Crippen LogP contribution in [0.3, 0.4) is 0 Å². The summed E-state index contributed by atoms with van der Waals surface area (Å²) in [5, 5.41) is 2.04. The van der Waals surface area contributed by atoms with Crippen molar-refractivity contribution in [1.82, 2.24) is 4.90 Å². The van der Waals surface area contributed by atoms with Gasteiger partial charge in [0.25, 0.3) is 0 Å². The Hall–Kier alpha value is -2.07. The molecule has 1 aromatic heterocycles. The lowest BCUT2D eigenvalue weighted by Crippen LogP contribution is -2.27. The molecule has 2 rings (SSSR count). The predicted molar refractivity (Wildman–Crippen MR) is 87.4 cm³/mol. The molecule has 4 heteroatoms. The Balaban J connectivity index is 2.21. The highest BCUT2D eigenvalue weighted by atomic mass is 32.1. The smallest absolute Gasteiger partial charge is 0.409 e. The van der Waals surface area contributed by atoms with Gasteiger partial charge in [-0.25, -0.2) is 4.79 Å². The SMILES string of the molecule is C=C(c1cccs1)c1ccccc1CN(C)C(=O)OCC. The number of carbonyl (C=O) groups is 1. The molecule has 0 radical (unpaired) electrons. The summed E-state index contributed by atoms with van der Waals surface area (Å²) in [4.78, 5) is 14.5. The lowest BCUT2D eigenvalue weighted by atomic mass is 9.99. The van der Waals surface area contributed by atoms with Crippen LogP contribution in [-0.4, -0.2) is 24.6 Å². The van der Waals surface area contributed by atoms with E-state index in [4.69, 9.17) is 4.74 Å². The van der Waals surface area contributed by atoms with Gasteiger partial charge >= 0.3 is 6.09 Å². The second-order valence-corrected chi connectivity index (χ2v) is 5.62. The minimum Gasteiger partial charge on any atom is -0.450 e. The molecule has 0 spiro atoms. The first-order valence-electron chi connectivity index (χ1n) is 6.82. The molecule has 0 saturated carbocycles. The topological polar surface area (TPSA) is 29.5 Å². The third kappa shape index (κ3) is 3.73. The van der Waals surface area contributed by atoms with Gasteiger partial charge in [-0.1, -0.05) is 36.9 Å². The van der Waals surface area contributed by atoms with E-state index in [0.717, 1.165) is 21.6 Å². The third-order valence-electron chi connectivity index (χ3n) is 3.15. The van der Waals surface area contributed by atoms with Crippen LogP contribution in [0.5, 0.6) is 0 Å². The van der Waals surface area contributed by atoms with Crippen molar-refractivity contribution < 1.29 is 9.53 Å². The second kappa shape index (κ2) is 7.09. The van der Waals surface area contributed by atoms with Crippen molar-refractivity contribution in [3.8, 4) is 0 Å². The summed E-state index contributed by atoms with van der Waals surface area (Å²) < 4.78 is 5.02. The largest absolute Gasteiger partial charge is 0.450 e. The van der Waals surface area contributed by atoms with Crippen LogP contribution in [0.4, 0.5) is 4.79 Å². The molecule has 1 heterocycles. The van der Waals surface area contributed by atoms with Crippen LogP contribution in [0.25, 0.3) is 5.57 Å². The number of carbonyl (C=O) groups excluding carboxylic acids is 1. The zero-order chi connectivity index (χ0) is 15.2. The van der Waals surface area contributed by atoms with Crippen molar-refractivity contribution >= 4 is 23.0 Å². The zero-order valence-electron chi connectivity index (χ0n) is 12.3. The highest BCUT2D eigenvalue weighted by molar-refractivity contribution is 7.11. The van der Waals surface area contributed by atoms with Gasteiger partial charge in [-0.3, -0.25) is 0 Å². The zero-order valence-corrected chi connectivity index (χ0v) is 13.2. The van der Waals surface area contributed by atoms with E-state index >= 15 is 0 Å². The second-order valence-electron chi connectivity index (χ2n) is 4.67. The molecule has 0 fully saturated rings. The molecule has 0 atom stereocenters. The predicted octanol–water partition coefficient (Wildman–Crippen LogP) is 4.40. The molecule has 0 unspecified atom stereocenters. The Morgan fingerprint density at radius 1 is 1.29 bits per heavy atom. The van der Waals surface area contributed by atoms with Gasteiger partial charge in [0.2, 0.25) is 0 Å². The molecule has 21 heavy (non-hydrogen) atoms. The van der Waals surface area contributed by atoms with E-state index in [9.17, 15) is 4.79 Å². The lowest BCUT2D eigenvalue weighted by molar-refractivity contribution is 0.114. The molecule has 0 saturated heterocycles. The Labute approximate surface area is 129 Å². The van der Waals surface area contributed by atoms with Crippen LogP contribution in [0, 0.1) is 0 Å². The molecule has 0 aliphatic carbocycles. The number of thiophene rings is 1. The normalized spacial score (nSPS) is 10.2. The third-order valence-corrected chi connectivity index (χ3v) is 4.08. The first-order valence-corrected chi connectivity index (χ1v) is 7.70. The van der Waals surface area contributed by atoms with Crippen LogP contribution >= 0.6 is 11.3 Å². The maximum Gasteiger partial charge on any atom is 0.409 e. The van der Waals surface area contributed by atoms with Gasteiger partial charge in [-0.15, -0.1) is 11.3 Å². The van der Waals surface area contributed by atoms with E-state index < -0.39 is 0 Å². The van der Waals surface area contributed by atoms with E-state index in [1.165, 1.54) is 0 Å². The lowest BCUT2D eigenvalue weighted by Gasteiger charge is -2.19. The van der Waals surface area contributed by atoms with Gasteiger partial charge in [0, 0.05) is 18.5 Å². The molecule has 0 bridgehead atoms. The summed E-state index contributed by atoms with van der Waals surface area (Å²) in [5.41, 5.74) is 3.11. The Bertz CT molecular complexity index is 619. The fourth-order valence-corrected chi connectivity index (χ4v) is 2.80. The molecule has 0 N–H and O–H groups in total. The number of nitrogens with zero attached hydrogens (tertiary/aromatic N) is 1. The summed E-state index contributed by atoms with van der Waals surface area (Å²) in [5.74, 6) is 0. The van der Waals surface area contributed by atoms with Crippen LogP contribution in [0.1, 0.15) is 22.9 Å². The minimum atomic E-state index is -0.311. The van der Waals surface area contributed by atoms with Gasteiger partial charge in [0.05, 0.1) is 6.61 Å². The van der Waals surface area contributed by atoms with Crippen molar-refractivity contribution in [2.45, 2.75) is 13.5 Å². The van der Waals surface area contributed by atoms with E-state index in [-0.39, 0.29) is 6.09 Å². The average Bonchev–Trinajstić information content (AvgIpc) is 3.01. The monoisotopic (exact) mass is 301 g/mol. The molecule has 1 amide bonds. The van der Waals surface area contributed by atoms with Crippen LogP contribution in [-0.2, 0) is 11.3 Å². The van der Waals surface area contributed by atoms with Crippen molar-refractivity contribution in [3.63, 3.8) is 0 Å². The average molecular weight is 301 g/mol. The highest BCUT2D eigenvalue weighted by Gasteiger charge is 2.14. The van der Waals surface area contributed by atoms with Gasteiger partial charge in [-0.05, 0) is 35.1 Å². The van der Waals surface area contributed by atoms with E-state index in [1.807, 2.05) is 35.7 Å². The molecule has 3 nitrogen and oxygen atoms in total. The maximum absolute atomic E-state index is 11.7. The van der Waals surface area contributed by atoms with E-state index in [0.29, 0.717) is 13.2 Å². The molecular formula is C17H19NO2S. The number of rotatable bonds is 5. The molecule has 2 aromatic rings. The van der Waals surface area contributed by atoms with Gasteiger partial charge in [0.1, 0.15) is 0 Å². The summed E-state index contributed by atoms with van der Waals surface area (Å²) in [7, 11) is 1.74. The van der Waals surface area contributed by atoms with Crippen LogP contribution in [0.2, 0.25) is 0 Å². The maximum atomic E-state index is 11.7. The molecular weight excluding hydrogens is 282 g/mol. The van der Waals surface area contributed by atoms with Crippen molar-refractivity contribution in [1.29, 1.82) is 0 Å². The molecule has 0 aliphatic rings. The summed E-state index contributed by atoms with van der Waals surface area (Å²) >= 11 is 1.66. The van der Waals surface area contributed by atoms with Crippen molar-refractivity contribution in [3.05, 3.63) is 64.4 Å². The van der Waals surface area contributed by atoms with Crippen molar-refractivity contribution in [2.75, 3.05) is 13.7 Å². The number of benzene rings is 1. The van der Waals surface area contributed by atoms with Crippen LogP contribution in [0.15, 0.2) is 48.4 Å². The van der Waals surface area contributed by atoms with E-state index in [1.54, 1.807) is 30.2 Å². The minimum absolute atomic E-state index is 0.311. The Morgan fingerprint density at radius 3 is 2.71 bits per heavy atom. The summed E-state index contributed by atoms with van der Waals surface area (Å²) in [6.07, 6.45) is -0.311. The fraction of sp³-hybridized carbons (Fsp3) is 0.235. The Kier molecular flexibility index (Phi) is 5.17. The standard InChI is InChI=1S/C17H19NO2S/c1-4-20-17(19)18(3)12-14-8-5-6-9-15(14)13(2)16-10-7-11-21-16/h5-11H,2,4,12H2,1,3H3. The molecule has 1 aromatic carbocycles. The Morgan fingerprint density at radius 2 is 2.05 bits per heavy atom. The number of amides is 1. The van der Waals surface area contributed by atoms with Crippen LogP contribution < -0.4 is 0 Å². The molecule has 110 valence electrons. The van der Waals surface area contributed by atoms with E-state index in [2.05, 4.69) is 12.6 Å². The summed E-state index contributed by atoms with van der Waals surface area (Å²) in [6.45, 7) is 6.88. The first-order chi connectivity index (χ1) is 10.1. The van der Waals surface area contributed by atoms with Gasteiger partial charge in [0.15, 0.2) is 0 Å². The number of hydrogen-bond donors (Lipinski definition) is 0. The molecule has 0 aliphatic heterocycles. The quantitative estimate of drug-likeness (QED) is 0.819. The highest BCUT2D eigenvalue weighted by Crippen LogP contribution is 2.28. The first kappa shape index (κ1) is 15.3. The van der Waals surface area contributed by atoms with Gasteiger partial charge < -0.3 is 9.64 Å². The van der Waals surface area contributed by atoms with Crippen molar-refractivity contribution in [2.24, 2.45) is 0 Å². The van der Waals surface area contributed by atoms with Gasteiger partial charge in [-0.2, -0.15) is 0 Å².